The molecule has 0 radical (unpaired) electrons. The van der Waals surface area contributed by atoms with Gasteiger partial charge in [-0.25, -0.2) is 4.68 Å². The van der Waals surface area contributed by atoms with E-state index < -0.39 is 0 Å². The molecule has 12 heavy (non-hydrogen) atoms. The van der Waals surface area contributed by atoms with Crippen LogP contribution in [-0.4, -0.2) is 19.4 Å². The normalized spacial score (nSPS) is 10.5. The van der Waals surface area contributed by atoms with E-state index in [9.17, 15) is 0 Å². The fourth-order valence-corrected chi connectivity index (χ4v) is 1.68. The number of alkyl halides is 1. The molecule has 0 amide bonds. The van der Waals surface area contributed by atoms with Crippen LogP contribution in [0.25, 0.3) is 0 Å². The van der Waals surface area contributed by atoms with Gasteiger partial charge < -0.3 is 0 Å². The number of rotatable bonds is 5. The van der Waals surface area contributed by atoms with Gasteiger partial charge in [0.15, 0.2) is 0 Å². The minimum atomic E-state index is 0.930. The average Bonchev–Trinajstić information content (AvgIpc) is 2.52. The van der Waals surface area contributed by atoms with E-state index in [1.807, 2.05) is 10.9 Å². The van der Waals surface area contributed by atoms with Crippen molar-refractivity contribution in [3.63, 3.8) is 0 Å². The van der Waals surface area contributed by atoms with Gasteiger partial charge in [-0.1, -0.05) is 27.8 Å². The molecule has 1 aromatic rings. The molecule has 0 atom stereocenters. The maximum atomic E-state index is 3.98. The largest absolute Gasteiger partial charge is 0.250 e. The SMILES string of the molecule is CCn1nncc1CCCCI. The molecule has 0 spiro atoms. The van der Waals surface area contributed by atoms with Crippen LogP contribution in [0, 0.1) is 0 Å². The number of hydrogen-bond donors (Lipinski definition) is 0. The van der Waals surface area contributed by atoms with Crippen molar-refractivity contribution in [3.05, 3.63) is 11.9 Å². The Morgan fingerprint density at radius 2 is 2.33 bits per heavy atom. The van der Waals surface area contributed by atoms with Crippen LogP contribution in [0.5, 0.6) is 0 Å². The maximum absolute atomic E-state index is 3.98. The molecule has 0 N–H and O–H groups in total. The highest BCUT2D eigenvalue weighted by Gasteiger charge is 2.00. The highest BCUT2D eigenvalue weighted by atomic mass is 127. The van der Waals surface area contributed by atoms with Crippen molar-refractivity contribution in [2.45, 2.75) is 32.7 Å². The third kappa shape index (κ3) is 2.73. The number of aromatic nitrogens is 3. The summed E-state index contributed by atoms with van der Waals surface area (Å²) in [5.74, 6) is 0. The molecular weight excluding hydrogens is 265 g/mol. The summed E-state index contributed by atoms with van der Waals surface area (Å²) < 4.78 is 3.21. The van der Waals surface area contributed by atoms with E-state index in [0.29, 0.717) is 0 Å². The van der Waals surface area contributed by atoms with Gasteiger partial charge >= 0.3 is 0 Å². The highest BCUT2D eigenvalue weighted by molar-refractivity contribution is 14.1. The minimum Gasteiger partial charge on any atom is -0.250 e. The maximum Gasteiger partial charge on any atom is 0.0725 e. The summed E-state index contributed by atoms with van der Waals surface area (Å²) in [6.45, 7) is 3.02. The summed E-state index contributed by atoms with van der Waals surface area (Å²) in [6.07, 6.45) is 5.52. The van der Waals surface area contributed by atoms with Crippen LogP contribution in [-0.2, 0) is 13.0 Å². The van der Waals surface area contributed by atoms with Crippen LogP contribution in [0.2, 0.25) is 0 Å². The van der Waals surface area contributed by atoms with Gasteiger partial charge in [-0.3, -0.25) is 0 Å². The first-order valence-corrected chi connectivity index (χ1v) is 5.84. The van der Waals surface area contributed by atoms with Crippen molar-refractivity contribution in [3.8, 4) is 0 Å². The molecule has 3 nitrogen and oxygen atoms in total. The van der Waals surface area contributed by atoms with Gasteiger partial charge in [-0.2, -0.15) is 0 Å². The van der Waals surface area contributed by atoms with Gasteiger partial charge in [0.1, 0.15) is 0 Å². The van der Waals surface area contributed by atoms with Crippen molar-refractivity contribution in [1.82, 2.24) is 15.0 Å². The smallest absolute Gasteiger partial charge is 0.0725 e. The summed E-state index contributed by atoms with van der Waals surface area (Å²) >= 11 is 2.41. The first-order chi connectivity index (χ1) is 5.88. The van der Waals surface area contributed by atoms with Crippen LogP contribution >= 0.6 is 22.6 Å². The van der Waals surface area contributed by atoms with E-state index >= 15 is 0 Å². The zero-order valence-electron chi connectivity index (χ0n) is 7.33. The Hall–Kier alpha value is -0.130. The summed E-state index contributed by atoms with van der Waals surface area (Å²) in [5.41, 5.74) is 1.27. The molecule has 0 aliphatic heterocycles. The lowest BCUT2D eigenvalue weighted by Gasteiger charge is -2.01. The summed E-state index contributed by atoms with van der Waals surface area (Å²) in [6, 6.07) is 0. The molecule has 4 heteroatoms. The quantitative estimate of drug-likeness (QED) is 0.469. The van der Waals surface area contributed by atoms with E-state index in [1.54, 1.807) is 0 Å². The fraction of sp³-hybridized carbons (Fsp3) is 0.750. The standard InChI is InChI=1S/C8H14IN3/c1-2-12-8(7-10-11-12)5-3-4-6-9/h7H,2-6H2,1H3. The van der Waals surface area contributed by atoms with Gasteiger partial charge in [0.25, 0.3) is 0 Å². The van der Waals surface area contributed by atoms with Gasteiger partial charge in [0.05, 0.1) is 11.9 Å². The third-order valence-corrected chi connectivity index (χ3v) is 2.58. The van der Waals surface area contributed by atoms with Gasteiger partial charge in [0, 0.05) is 6.54 Å². The molecule has 0 saturated heterocycles. The van der Waals surface area contributed by atoms with Crippen molar-refractivity contribution < 1.29 is 0 Å². The minimum absolute atomic E-state index is 0.930. The predicted molar refractivity (Wildman–Crippen MR) is 57.5 cm³/mol. The molecule has 1 heterocycles. The molecule has 1 rings (SSSR count). The molecule has 0 aliphatic rings. The van der Waals surface area contributed by atoms with E-state index in [2.05, 4.69) is 39.8 Å². The number of nitrogens with zero attached hydrogens (tertiary/aromatic N) is 3. The lowest BCUT2D eigenvalue weighted by atomic mass is 10.2. The molecule has 0 bridgehead atoms. The van der Waals surface area contributed by atoms with Gasteiger partial charge in [-0.15, -0.1) is 5.10 Å². The zero-order valence-corrected chi connectivity index (χ0v) is 9.49. The van der Waals surface area contributed by atoms with Crippen molar-refractivity contribution in [2.24, 2.45) is 0 Å². The van der Waals surface area contributed by atoms with Crippen LogP contribution in [0.1, 0.15) is 25.5 Å². The Kier molecular flexibility index (Phi) is 4.57. The second-order valence-corrected chi connectivity index (χ2v) is 3.77. The number of hydrogen-bond acceptors (Lipinski definition) is 2. The summed E-state index contributed by atoms with van der Waals surface area (Å²) in [5, 5.41) is 7.86. The van der Waals surface area contributed by atoms with Crippen LogP contribution in [0.3, 0.4) is 0 Å². The lowest BCUT2D eigenvalue weighted by Crippen LogP contribution is -2.02. The molecule has 1 aromatic heterocycles. The van der Waals surface area contributed by atoms with Crippen molar-refractivity contribution in [2.75, 3.05) is 4.43 Å². The molecule has 0 fully saturated rings. The Morgan fingerprint density at radius 1 is 1.50 bits per heavy atom. The average molecular weight is 279 g/mol. The molecular formula is C8H14IN3. The highest BCUT2D eigenvalue weighted by Crippen LogP contribution is 2.04. The first kappa shape index (κ1) is 9.95. The second-order valence-electron chi connectivity index (χ2n) is 2.69. The van der Waals surface area contributed by atoms with E-state index in [-0.39, 0.29) is 0 Å². The molecule has 0 unspecified atom stereocenters. The molecule has 0 aromatic carbocycles. The van der Waals surface area contributed by atoms with Gasteiger partial charge in [0.2, 0.25) is 0 Å². The molecule has 0 saturated carbocycles. The Balaban J connectivity index is 2.39. The molecule has 68 valence electrons. The number of unbranched alkanes of at least 4 members (excludes halogenated alkanes) is 1. The summed E-state index contributed by atoms with van der Waals surface area (Å²) in [4.78, 5) is 0. The Morgan fingerprint density at radius 3 is 3.00 bits per heavy atom. The second kappa shape index (κ2) is 5.50. The van der Waals surface area contributed by atoms with Crippen LogP contribution in [0.15, 0.2) is 6.20 Å². The number of aryl methyl sites for hydroxylation is 2. The monoisotopic (exact) mass is 279 g/mol. The van der Waals surface area contributed by atoms with Crippen LogP contribution in [0.4, 0.5) is 0 Å². The number of halogens is 1. The van der Waals surface area contributed by atoms with Crippen LogP contribution < -0.4 is 0 Å². The fourth-order valence-electron chi connectivity index (χ4n) is 1.14. The van der Waals surface area contributed by atoms with Crippen molar-refractivity contribution >= 4 is 22.6 Å². The topological polar surface area (TPSA) is 30.7 Å². The Bertz CT molecular complexity index is 222. The predicted octanol–water partition coefficient (Wildman–Crippen LogP) is 2.06. The van der Waals surface area contributed by atoms with E-state index in [0.717, 1.165) is 13.0 Å². The van der Waals surface area contributed by atoms with Crippen molar-refractivity contribution in [1.29, 1.82) is 0 Å². The first-order valence-electron chi connectivity index (χ1n) is 4.31. The van der Waals surface area contributed by atoms with Gasteiger partial charge in [-0.05, 0) is 30.6 Å². The zero-order chi connectivity index (χ0) is 8.81. The lowest BCUT2D eigenvalue weighted by molar-refractivity contribution is 0.588. The third-order valence-electron chi connectivity index (χ3n) is 1.81. The molecule has 0 aliphatic carbocycles. The van der Waals surface area contributed by atoms with E-state index in [4.69, 9.17) is 0 Å². The Labute approximate surface area is 86.7 Å². The van der Waals surface area contributed by atoms with E-state index in [1.165, 1.54) is 23.0 Å². The summed E-state index contributed by atoms with van der Waals surface area (Å²) in [7, 11) is 0.